The number of benzene rings is 1. The highest BCUT2D eigenvalue weighted by Crippen LogP contribution is 2.27. The molecule has 0 aliphatic carbocycles. The van der Waals surface area contributed by atoms with Crippen molar-refractivity contribution in [2.75, 3.05) is 19.7 Å². The molecule has 1 aliphatic rings. The van der Waals surface area contributed by atoms with Crippen molar-refractivity contribution in [1.29, 1.82) is 0 Å². The topological polar surface area (TPSA) is 134 Å². The van der Waals surface area contributed by atoms with Crippen molar-refractivity contribution in [2.45, 2.75) is 30.8 Å². The Hall–Kier alpha value is -2.50. The van der Waals surface area contributed by atoms with Gasteiger partial charge >= 0.3 is 5.69 Å². The van der Waals surface area contributed by atoms with Crippen molar-refractivity contribution in [1.82, 2.24) is 24.5 Å². The second kappa shape index (κ2) is 6.59. The average Bonchev–Trinajstić information content (AvgIpc) is 3.27. The van der Waals surface area contributed by atoms with Crippen molar-refractivity contribution >= 4 is 21.1 Å². The Kier molecular flexibility index (Phi) is 4.36. The second-order valence-corrected chi connectivity index (χ2v) is 8.58. The van der Waals surface area contributed by atoms with E-state index >= 15 is 0 Å². The molecule has 1 aliphatic heterocycles. The van der Waals surface area contributed by atoms with Gasteiger partial charge in [-0.15, -0.1) is 10.2 Å². The number of imidazole rings is 1. The lowest BCUT2D eigenvalue weighted by molar-refractivity contribution is -0.0179. The molecule has 1 unspecified atom stereocenters. The molecule has 1 fully saturated rings. The summed E-state index contributed by atoms with van der Waals surface area (Å²) in [6, 6.07) is 4.47. The molecule has 0 saturated carbocycles. The molecule has 0 spiro atoms. The lowest BCUT2D eigenvalue weighted by Gasteiger charge is -2.30. The summed E-state index contributed by atoms with van der Waals surface area (Å²) in [5.74, 6) is 0.823. The lowest BCUT2D eigenvalue weighted by Crippen LogP contribution is -2.42. The van der Waals surface area contributed by atoms with Crippen LogP contribution in [0.2, 0.25) is 0 Å². The van der Waals surface area contributed by atoms with Crippen LogP contribution in [0.5, 0.6) is 0 Å². The average molecular weight is 393 g/mol. The molecule has 0 amide bonds. The molecule has 0 bridgehead atoms. The van der Waals surface area contributed by atoms with E-state index in [1.807, 2.05) is 13.8 Å². The standard InChI is InChI=1S/C16H19N5O5S/c1-9(2)14-19-20-15(26-14)13-8-21(5-6-25-13)27(23,24)10-3-4-11-12(7-10)18-16(22)17-11/h3-4,7,9,13H,5-6,8H2,1-2H3,(H2,17,18,22). The molecule has 0 radical (unpaired) electrons. The van der Waals surface area contributed by atoms with E-state index in [2.05, 4.69) is 20.2 Å². The number of ether oxygens (including phenoxy) is 1. The Morgan fingerprint density at radius 3 is 2.74 bits per heavy atom. The Bertz CT molecular complexity index is 1130. The molecule has 1 aromatic carbocycles. The number of aromatic nitrogens is 4. The summed E-state index contributed by atoms with van der Waals surface area (Å²) in [4.78, 5) is 16.6. The van der Waals surface area contributed by atoms with Crippen molar-refractivity contribution in [3.05, 3.63) is 40.5 Å². The van der Waals surface area contributed by atoms with Crippen molar-refractivity contribution in [2.24, 2.45) is 0 Å². The third-order valence-electron chi connectivity index (χ3n) is 4.38. The van der Waals surface area contributed by atoms with Gasteiger partial charge in [0.25, 0.3) is 0 Å². The molecule has 27 heavy (non-hydrogen) atoms. The maximum atomic E-state index is 13.0. The van der Waals surface area contributed by atoms with E-state index in [-0.39, 0.29) is 42.1 Å². The first kappa shape index (κ1) is 17.9. The van der Waals surface area contributed by atoms with Crippen LogP contribution < -0.4 is 5.69 Å². The number of hydrogen-bond acceptors (Lipinski definition) is 7. The maximum Gasteiger partial charge on any atom is 0.323 e. The molecule has 3 aromatic rings. The largest absolute Gasteiger partial charge is 0.422 e. The third kappa shape index (κ3) is 3.29. The van der Waals surface area contributed by atoms with Gasteiger partial charge in [0.2, 0.25) is 21.8 Å². The molecule has 1 atom stereocenters. The monoisotopic (exact) mass is 393 g/mol. The Morgan fingerprint density at radius 1 is 1.22 bits per heavy atom. The highest BCUT2D eigenvalue weighted by molar-refractivity contribution is 7.89. The SMILES string of the molecule is CC(C)c1nnc(C2CN(S(=O)(=O)c3ccc4[nH]c(=O)[nH]c4c3)CCO2)o1. The molecule has 3 heterocycles. The van der Waals surface area contributed by atoms with E-state index in [9.17, 15) is 13.2 Å². The second-order valence-electron chi connectivity index (χ2n) is 6.64. The molecule has 144 valence electrons. The highest BCUT2D eigenvalue weighted by Gasteiger charge is 2.34. The van der Waals surface area contributed by atoms with Crippen LogP contribution in [0.15, 0.2) is 32.3 Å². The molecule has 4 rings (SSSR count). The van der Waals surface area contributed by atoms with E-state index in [0.29, 0.717) is 16.9 Å². The number of rotatable bonds is 4. The zero-order chi connectivity index (χ0) is 19.2. The van der Waals surface area contributed by atoms with Crippen molar-refractivity contribution in [3.8, 4) is 0 Å². The first-order valence-electron chi connectivity index (χ1n) is 8.51. The summed E-state index contributed by atoms with van der Waals surface area (Å²) in [5.41, 5.74) is 0.596. The third-order valence-corrected chi connectivity index (χ3v) is 6.24. The van der Waals surface area contributed by atoms with Crippen LogP contribution >= 0.6 is 0 Å². The maximum absolute atomic E-state index is 13.0. The van der Waals surface area contributed by atoms with E-state index in [0.717, 1.165) is 0 Å². The number of H-pyrrole nitrogens is 2. The number of nitrogens with one attached hydrogen (secondary N) is 2. The van der Waals surface area contributed by atoms with Gasteiger partial charge in [-0.3, -0.25) is 0 Å². The molecule has 2 aromatic heterocycles. The smallest absolute Gasteiger partial charge is 0.323 e. The number of aromatic amines is 2. The fourth-order valence-electron chi connectivity index (χ4n) is 2.92. The number of nitrogens with zero attached hydrogens (tertiary/aromatic N) is 3. The van der Waals surface area contributed by atoms with Crippen LogP contribution in [0.1, 0.15) is 37.7 Å². The van der Waals surface area contributed by atoms with Crippen LogP contribution in [0, 0.1) is 0 Å². The summed E-state index contributed by atoms with van der Waals surface area (Å²) >= 11 is 0. The predicted molar refractivity (Wildman–Crippen MR) is 94.8 cm³/mol. The molecular formula is C16H19N5O5S. The Balaban J connectivity index is 1.61. The van der Waals surface area contributed by atoms with Gasteiger partial charge in [0.15, 0.2) is 0 Å². The zero-order valence-electron chi connectivity index (χ0n) is 14.8. The van der Waals surface area contributed by atoms with Gasteiger partial charge < -0.3 is 19.1 Å². The van der Waals surface area contributed by atoms with E-state index in [4.69, 9.17) is 9.15 Å². The number of fused-ring (bicyclic) bond motifs is 1. The quantitative estimate of drug-likeness (QED) is 0.678. The number of sulfonamides is 1. The highest BCUT2D eigenvalue weighted by atomic mass is 32.2. The molecular weight excluding hydrogens is 374 g/mol. The van der Waals surface area contributed by atoms with Crippen molar-refractivity contribution < 1.29 is 17.6 Å². The van der Waals surface area contributed by atoms with Gasteiger partial charge in [0, 0.05) is 19.0 Å². The van der Waals surface area contributed by atoms with Gasteiger partial charge in [0.05, 0.1) is 22.5 Å². The van der Waals surface area contributed by atoms with Gasteiger partial charge in [-0.05, 0) is 18.2 Å². The Morgan fingerprint density at radius 2 is 2.00 bits per heavy atom. The van der Waals surface area contributed by atoms with Crippen LogP contribution in [0.3, 0.4) is 0 Å². The van der Waals surface area contributed by atoms with E-state index < -0.39 is 16.1 Å². The zero-order valence-corrected chi connectivity index (χ0v) is 15.6. The summed E-state index contributed by atoms with van der Waals surface area (Å²) < 4.78 is 38.6. The lowest BCUT2D eigenvalue weighted by atomic mass is 10.2. The summed E-state index contributed by atoms with van der Waals surface area (Å²) in [5, 5.41) is 7.96. The van der Waals surface area contributed by atoms with Gasteiger partial charge in [-0.2, -0.15) is 4.31 Å². The normalized spacial score (nSPS) is 19.1. The van der Waals surface area contributed by atoms with Gasteiger partial charge in [-0.1, -0.05) is 13.8 Å². The minimum atomic E-state index is -3.77. The number of hydrogen-bond donors (Lipinski definition) is 2. The first-order valence-corrected chi connectivity index (χ1v) is 9.95. The predicted octanol–water partition coefficient (Wildman–Crippen LogP) is 1.12. The first-order chi connectivity index (χ1) is 12.8. The fraction of sp³-hybridized carbons (Fsp3) is 0.438. The van der Waals surface area contributed by atoms with Crippen molar-refractivity contribution in [3.63, 3.8) is 0 Å². The molecule has 11 heteroatoms. The van der Waals surface area contributed by atoms with E-state index in [1.165, 1.54) is 16.4 Å². The van der Waals surface area contributed by atoms with Crippen LogP contribution in [0.4, 0.5) is 0 Å². The summed E-state index contributed by atoms with van der Waals surface area (Å²) in [6.45, 7) is 4.36. The number of morpholine rings is 1. The van der Waals surface area contributed by atoms with Gasteiger partial charge in [-0.25, -0.2) is 13.2 Å². The van der Waals surface area contributed by atoms with Crippen LogP contribution in [-0.2, 0) is 14.8 Å². The molecule has 10 nitrogen and oxygen atoms in total. The molecule has 1 saturated heterocycles. The Labute approximate surface area is 154 Å². The van der Waals surface area contributed by atoms with Crippen LogP contribution in [-0.4, -0.2) is 52.6 Å². The minimum absolute atomic E-state index is 0.0732. The fourth-order valence-corrected chi connectivity index (χ4v) is 4.38. The van der Waals surface area contributed by atoms with Gasteiger partial charge in [0.1, 0.15) is 6.10 Å². The summed E-state index contributed by atoms with van der Waals surface area (Å²) in [7, 11) is -3.77. The summed E-state index contributed by atoms with van der Waals surface area (Å²) in [6.07, 6.45) is -0.621. The van der Waals surface area contributed by atoms with E-state index in [1.54, 1.807) is 6.07 Å². The minimum Gasteiger partial charge on any atom is -0.422 e. The van der Waals surface area contributed by atoms with Crippen LogP contribution in [0.25, 0.3) is 11.0 Å². The molecule has 2 N–H and O–H groups in total.